The van der Waals surface area contributed by atoms with Crippen LogP contribution < -0.4 is 4.74 Å². The molecule has 1 N–H and O–H groups in total. The van der Waals surface area contributed by atoms with Gasteiger partial charge in [-0.3, -0.25) is 9.59 Å². The fourth-order valence-electron chi connectivity index (χ4n) is 3.63. The molecule has 3 heterocycles. The molecule has 1 atom stereocenters. The van der Waals surface area contributed by atoms with Crippen LogP contribution in [0.2, 0.25) is 0 Å². The molecule has 0 spiro atoms. The Morgan fingerprint density at radius 1 is 1.23 bits per heavy atom. The lowest BCUT2D eigenvalue weighted by atomic mass is 9.95. The number of carbonyl (C=O) groups is 2. The van der Waals surface area contributed by atoms with Gasteiger partial charge in [-0.25, -0.2) is 4.98 Å². The maximum atomic E-state index is 13.2. The molecule has 1 aromatic carbocycles. The number of ketones is 1. The van der Waals surface area contributed by atoms with Crippen molar-refractivity contribution in [2.45, 2.75) is 19.0 Å². The van der Waals surface area contributed by atoms with E-state index in [0.717, 1.165) is 5.56 Å². The number of aryl methyl sites for hydroxylation is 1. The SMILES string of the molecule is COc1ccc([C@@H]2C(C(=O)c3cccs3)=C(O)C(=O)N2CCCn2ccnc2)cc1. The van der Waals surface area contributed by atoms with Crippen molar-refractivity contribution < 1.29 is 19.4 Å². The number of aliphatic hydroxyl groups is 1. The molecule has 1 aliphatic rings. The molecule has 3 aromatic rings. The molecule has 8 heteroatoms. The fourth-order valence-corrected chi connectivity index (χ4v) is 4.31. The van der Waals surface area contributed by atoms with Crippen LogP contribution in [0.15, 0.2) is 71.8 Å². The Morgan fingerprint density at radius 3 is 2.67 bits per heavy atom. The van der Waals surface area contributed by atoms with Gasteiger partial charge in [0.1, 0.15) is 5.75 Å². The third-order valence-electron chi connectivity index (χ3n) is 5.10. The van der Waals surface area contributed by atoms with E-state index in [-0.39, 0.29) is 11.4 Å². The third-order valence-corrected chi connectivity index (χ3v) is 5.97. The van der Waals surface area contributed by atoms with Crippen molar-refractivity contribution in [3.63, 3.8) is 0 Å². The van der Waals surface area contributed by atoms with Crippen LogP contribution in [-0.2, 0) is 11.3 Å². The molecular formula is C22H21N3O4S. The molecule has 0 saturated carbocycles. The van der Waals surface area contributed by atoms with E-state index in [1.54, 1.807) is 54.2 Å². The van der Waals surface area contributed by atoms with Crippen LogP contribution in [0.1, 0.15) is 27.7 Å². The highest BCUT2D eigenvalue weighted by Crippen LogP contribution is 2.40. The topological polar surface area (TPSA) is 84.7 Å². The number of carbonyl (C=O) groups excluding carboxylic acids is 2. The van der Waals surface area contributed by atoms with E-state index in [4.69, 9.17) is 4.74 Å². The van der Waals surface area contributed by atoms with Crippen molar-refractivity contribution in [3.05, 3.63) is 82.3 Å². The number of hydrogen-bond donors (Lipinski definition) is 1. The average Bonchev–Trinajstić information content (AvgIpc) is 3.52. The van der Waals surface area contributed by atoms with Gasteiger partial charge in [0.25, 0.3) is 5.91 Å². The molecule has 7 nitrogen and oxygen atoms in total. The van der Waals surface area contributed by atoms with Gasteiger partial charge in [0, 0.05) is 25.5 Å². The summed E-state index contributed by atoms with van der Waals surface area (Å²) in [6, 6.07) is 10.0. The summed E-state index contributed by atoms with van der Waals surface area (Å²) in [6.45, 7) is 1.06. The van der Waals surface area contributed by atoms with Gasteiger partial charge >= 0.3 is 0 Å². The van der Waals surface area contributed by atoms with Crippen LogP contribution in [-0.4, -0.2) is 44.9 Å². The summed E-state index contributed by atoms with van der Waals surface area (Å²) >= 11 is 1.29. The first-order chi connectivity index (χ1) is 14.6. The molecule has 0 unspecified atom stereocenters. The van der Waals surface area contributed by atoms with E-state index in [1.807, 2.05) is 22.9 Å². The largest absolute Gasteiger partial charge is 0.503 e. The first-order valence-electron chi connectivity index (χ1n) is 9.52. The Labute approximate surface area is 177 Å². The molecule has 0 aliphatic carbocycles. The molecular weight excluding hydrogens is 402 g/mol. The second-order valence-electron chi connectivity index (χ2n) is 6.90. The van der Waals surface area contributed by atoms with E-state index in [9.17, 15) is 14.7 Å². The summed E-state index contributed by atoms with van der Waals surface area (Å²) in [7, 11) is 1.58. The minimum Gasteiger partial charge on any atom is -0.503 e. The number of Topliss-reactive ketones (excluding diaryl/α,β-unsaturated/α-hetero) is 1. The molecule has 2 aromatic heterocycles. The summed E-state index contributed by atoms with van der Waals surface area (Å²) in [5, 5.41) is 12.4. The van der Waals surface area contributed by atoms with E-state index < -0.39 is 17.7 Å². The molecule has 0 fully saturated rings. The smallest absolute Gasteiger partial charge is 0.290 e. The van der Waals surface area contributed by atoms with Gasteiger partial charge in [-0.1, -0.05) is 18.2 Å². The van der Waals surface area contributed by atoms with E-state index in [0.29, 0.717) is 30.1 Å². The maximum Gasteiger partial charge on any atom is 0.290 e. The zero-order valence-corrected chi connectivity index (χ0v) is 17.2. The Bertz CT molecular complexity index is 1060. The number of aromatic nitrogens is 2. The number of methoxy groups -OCH3 is 1. The number of rotatable bonds is 8. The van der Waals surface area contributed by atoms with Gasteiger partial charge in [0.2, 0.25) is 5.78 Å². The third kappa shape index (κ3) is 3.73. The Balaban J connectivity index is 1.66. The Hall–Kier alpha value is -3.39. The van der Waals surface area contributed by atoms with Crippen LogP contribution in [0.3, 0.4) is 0 Å². The summed E-state index contributed by atoms with van der Waals surface area (Å²) in [6.07, 6.45) is 5.93. The van der Waals surface area contributed by atoms with Crippen molar-refractivity contribution in [2.75, 3.05) is 13.7 Å². The summed E-state index contributed by atoms with van der Waals surface area (Å²) in [5.41, 5.74) is 0.867. The number of hydrogen-bond acceptors (Lipinski definition) is 6. The van der Waals surface area contributed by atoms with Crippen LogP contribution in [0, 0.1) is 0 Å². The molecule has 0 radical (unpaired) electrons. The van der Waals surface area contributed by atoms with Gasteiger partial charge in [-0.2, -0.15) is 0 Å². The summed E-state index contributed by atoms with van der Waals surface area (Å²) < 4.78 is 7.15. The van der Waals surface area contributed by atoms with Gasteiger partial charge in [0.15, 0.2) is 5.76 Å². The molecule has 4 rings (SSSR count). The highest BCUT2D eigenvalue weighted by Gasteiger charge is 2.43. The van der Waals surface area contributed by atoms with Gasteiger partial charge < -0.3 is 19.3 Å². The van der Waals surface area contributed by atoms with Crippen LogP contribution in [0.25, 0.3) is 0 Å². The first-order valence-corrected chi connectivity index (χ1v) is 10.4. The molecule has 1 aliphatic heterocycles. The minimum absolute atomic E-state index is 0.121. The van der Waals surface area contributed by atoms with Gasteiger partial charge in [0.05, 0.1) is 29.9 Å². The summed E-state index contributed by atoms with van der Waals surface area (Å²) in [4.78, 5) is 32.1. The molecule has 1 amide bonds. The normalized spacial score (nSPS) is 16.4. The standard InChI is InChI=1S/C22H21N3O4S/c1-29-16-7-5-15(6-8-16)19-18(20(26)17-4-2-13-30-17)21(27)22(28)25(19)11-3-10-24-12-9-23-14-24/h2,4-9,12-14,19,27H,3,10-11H2,1H3/t19-/m1/s1. The molecule has 154 valence electrons. The second-order valence-corrected chi connectivity index (χ2v) is 7.84. The predicted molar refractivity (Wildman–Crippen MR) is 113 cm³/mol. The Kier molecular flexibility index (Phi) is 5.67. The highest BCUT2D eigenvalue weighted by atomic mass is 32.1. The molecule has 0 saturated heterocycles. The van der Waals surface area contributed by atoms with E-state index >= 15 is 0 Å². The monoisotopic (exact) mass is 423 g/mol. The lowest BCUT2D eigenvalue weighted by Gasteiger charge is -2.27. The van der Waals surface area contributed by atoms with Crippen molar-refractivity contribution in [3.8, 4) is 5.75 Å². The lowest BCUT2D eigenvalue weighted by molar-refractivity contribution is -0.129. The van der Waals surface area contributed by atoms with Crippen molar-refractivity contribution in [1.82, 2.24) is 14.5 Å². The first kappa shape index (κ1) is 19.9. The van der Waals surface area contributed by atoms with Crippen molar-refractivity contribution >= 4 is 23.0 Å². The number of thiophene rings is 1. The van der Waals surface area contributed by atoms with Gasteiger partial charge in [-0.05, 0) is 35.6 Å². The van der Waals surface area contributed by atoms with Crippen molar-refractivity contribution in [2.24, 2.45) is 0 Å². The molecule has 30 heavy (non-hydrogen) atoms. The zero-order valence-electron chi connectivity index (χ0n) is 16.4. The van der Waals surface area contributed by atoms with Crippen LogP contribution in [0.5, 0.6) is 5.75 Å². The van der Waals surface area contributed by atoms with Crippen LogP contribution >= 0.6 is 11.3 Å². The van der Waals surface area contributed by atoms with E-state index in [1.165, 1.54) is 11.3 Å². The molecule has 0 bridgehead atoms. The minimum atomic E-state index is -0.652. The Morgan fingerprint density at radius 2 is 2.03 bits per heavy atom. The number of ether oxygens (including phenoxy) is 1. The van der Waals surface area contributed by atoms with Crippen molar-refractivity contribution in [1.29, 1.82) is 0 Å². The lowest BCUT2D eigenvalue weighted by Crippen LogP contribution is -2.32. The quantitative estimate of drug-likeness (QED) is 0.560. The number of imidazole rings is 1. The number of aliphatic hydroxyl groups excluding tert-OH is 1. The van der Waals surface area contributed by atoms with Gasteiger partial charge in [-0.15, -0.1) is 11.3 Å². The van der Waals surface area contributed by atoms with E-state index in [2.05, 4.69) is 4.98 Å². The number of nitrogens with zero attached hydrogens (tertiary/aromatic N) is 3. The fraction of sp³-hybridized carbons (Fsp3) is 0.227. The number of amides is 1. The zero-order chi connectivity index (χ0) is 21.1. The average molecular weight is 423 g/mol. The maximum absolute atomic E-state index is 13.2. The second kappa shape index (κ2) is 8.54. The number of benzene rings is 1. The predicted octanol–water partition coefficient (Wildman–Crippen LogP) is 3.62. The highest BCUT2D eigenvalue weighted by molar-refractivity contribution is 7.12. The van der Waals surface area contributed by atoms with Crippen LogP contribution in [0.4, 0.5) is 0 Å². The summed E-state index contributed by atoms with van der Waals surface area (Å²) in [5.74, 6) is -0.652.